The number of methoxy groups -OCH3 is 1. The molecule has 0 N–H and O–H groups in total. The predicted octanol–water partition coefficient (Wildman–Crippen LogP) is 5.93. The second kappa shape index (κ2) is 6.67. The molecule has 2 nitrogen and oxygen atoms in total. The highest BCUT2D eigenvalue weighted by atomic mass is 79.9. The third-order valence-electron chi connectivity index (χ3n) is 3.42. The van der Waals surface area contributed by atoms with Gasteiger partial charge in [0, 0.05) is 23.1 Å². The molecular weight excluding hydrogens is 338 g/mol. The van der Waals surface area contributed by atoms with Crippen LogP contribution in [-0.2, 0) is 0 Å². The molecule has 0 saturated carbocycles. The number of ether oxygens (including phenoxy) is 1. The summed E-state index contributed by atoms with van der Waals surface area (Å²) in [6.07, 6.45) is 0. The zero-order valence-corrected chi connectivity index (χ0v) is 13.8. The number of halogens is 1. The van der Waals surface area contributed by atoms with Crippen molar-refractivity contribution < 1.29 is 4.74 Å². The summed E-state index contributed by atoms with van der Waals surface area (Å²) in [6.45, 7) is 0. The van der Waals surface area contributed by atoms with Crippen LogP contribution in [-0.4, -0.2) is 7.11 Å². The summed E-state index contributed by atoms with van der Waals surface area (Å²) < 4.78 is 6.38. The van der Waals surface area contributed by atoms with Crippen LogP contribution in [0.2, 0.25) is 0 Å². The summed E-state index contributed by atoms with van der Waals surface area (Å²) in [5.41, 5.74) is 3.27. The van der Waals surface area contributed by atoms with E-state index in [1.807, 2.05) is 48.5 Å². The van der Waals surface area contributed by atoms with E-state index in [2.05, 4.69) is 51.2 Å². The van der Waals surface area contributed by atoms with E-state index >= 15 is 0 Å². The molecule has 0 saturated heterocycles. The van der Waals surface area contributed by atoms with Gasteiger partial charge >= 0.3 is 0 Å². The molecule has 0 aliphatic heterocycles. The monoisotopic (exact) mass is 353 g/mol. The van der Waals surface area contributed by atoms with E-state index in [9.17, 15) is 0 Å². The smallest absolute Gasteiger partial charge is 0.135 e. The Kier molecular flexibility index (Phi) is 4.45. The van der Waals surface area contributed by atoms with Crippen LogP contribution >= 0.6 is 15.9 Å². The Hall–Kier alpha value is -2.26. The van der Waals surface area contributed by atoms with E-state index in [0.29, 0.717) is 0 Å². The Balaban J connectivity index is 2.14. The van der Waals surface area contributed by atoms with Crippen LogP contribution in [0.25, 0.3) is 0 Å². The van der Waals surface area contributed by atoms with Crippen molar-refractivity contribution in [2.45, 2.75) is 0 Å². The lowest BCUT2D eigenvalue weighted by molar-refractivity contribution is 0.412. The number of hydrogen-bond acceptors (Lipinski definition) is 2. The second-order valence-electron chi connectivity index (χ2n) is 4.83. The van der Waals surface area contributed by atoms with Crippen molar-refractivity contribution in [1.29, 1.82) is 0 Å². The first kappa shape index (κ1) is 14.7. The molecule has 22 heavy (non-hydrogen) atoms. The molecule has 0 radical (unpaired) electrons. The van der Waals surface area contributed by atoms with Gasteiger partial charge in [-0.25, -0.2) is 0 Å². The van der Waals surface area contributed by atoms with Gasteiger partial charge in [-0.2, -0.15) is 0 Å². The molecule has 0 spiro atoms. The normalized spacial score (nSPS) is 10.3. The van der Waals surface area contributed by atoms with Gasteiger partial charge in [-0.05, 0) is 52.3 Å². The zero-order valence-electron chi connectivity index (χ0n) is 12.2. The van der Waals surface area contributed by atoms with Crippen molar-refractivity contribution in [3.63, 3.8) is 0 Å². The quantitative estimate of drug-likeness (QED) is 0.576. The first-order valence-electron chi connectivity index (χ1n) is 7.03. The minimum atomic E-state index is 0.814. The van der Waals surface area contributed by atoms with Crippen molar-refractivity contribution in [1.82, 2.24) is 0 Å². The molecule has 0 bridgehead atoms. The number of benzene rings is 3. The van der Waals surface area contributed by atoms with Crippen molar-refractivity contribution in [3.05, 3.63) is 83.3 Å². The van der Waals surface area contributed by atoms with Crippen LogP contribution in [0, 0.1) is 0 Å². The summed E-state index contributed by atoms with van der Waals surface area (Å²) in [5.74, 6) is 0.814. The Morgan fingerprint density at radius 1 is 0.727 bits per heavy atom. The van der Waals surface area contributed by atoms with Gasteiger partial charge in [0.05, 0.1) is 11.6 Å². The van der Waals surface area contributed by atoms with Crippen LogP contribution in [0.5, 0.6) is 5.75 Å². The van der Waals surface area contributed by atoms with E-state index in [1.54, 1.807) is 7.11 Å². The Bertz CT molecular complexity index is 704. The minimum Gasteiger partial charge on any atom is -0.495 e. The molecule has 0 aliphatic rings. The lowest BCUT2D eigenvalue weighted by Gasteiger charge is -2.25. The topological polar surface area (TPSA) is 12.5 Å². The molecule has 0 atom stereocenters. The predicted molar refractivity (Wildman–Crippen MR) is 95.4 cm³/mol. The fourth-order valence-electron chi connectivity index (χ4n) is 2.39. The molecule has 110 valence electrons. The van der Waals surface area contributed by atoms with E-state index in [0.717, 1.165) is 27.3 Å². The largest absolute Gasteiger partial charge is 0.495 e. The summed E-state index contributed by atoms with van der Waals surface area (Å²) in [5, 5.41) is 0. The molecule has 3 rings (SSSR count). The minimum absolute atomic E-state index is 0.814. The first-order valence-corrected chi connectivity index (χ1v) is 7.82. The highest BCUT2D eigenvalue weighted by molar-refractivity contribution is 9.10. The maximum absolute atomic E-state index is 5.43. The number of para-hydroxylation sites is 2. The van der Waals surface area contributed by atoms with Crippen LogP contribution in [0.1, 0.15) is 0 Å². The van der Waals surface area contributed by atoms with E-state index in [-0.39, 0.29) is 0 Å². The van der Waals surface area contributed by atoms with Crippen molar-refractivity contribution in [3.8, 4) is 5.75 Å². The highest BCUT2D eigenvalue weighted by Gasteiger charge is 2.13. The summed E-state index contributed by atoms with van der Waals surface area (Å²) in [4.78, 5) is 2.20. The van der Waals surface area contributed by atoms with Gasteiger partial charge in [0.15, 0.2) is 0 Å². The van der Waals surface area contributed by atoms with Gasteiger partial charge in [-0.15, -0.1) is 0 Å². The first-order chi connectivity index (χ1) is 10.8. The van der Waals surface area contributed by atoms with E-state index < -0.39 is 0 Å². The van der Waals surface area contributed by atoms with Crippen LogP contribution in [0.3, 0.4) is 0 Å². The lowest BCUT2D eigenvalue weighted by atomic mass is 10.2. The fourth-order valence-corrected chi connectivity index (χ4v) is 2.80. The second-order valence-corrected chi connectivity index (χ2v) is 5.68. The number of anilines is 3. The maximum Gasteiger partial charge on any atom is 0.135 e. The molecule has 0 fully saturated rings. The Labute approximate surface area is 139 Å². The third kappa shape index (κ3) is 3.00. The molecule has 0 amide bonds. The highest BCUT2D eigenvalue weighted by Crippen LogP contribution is 2.37. The van der Waals surface area contributed by atoms with E-state index in [4.69, 9.17) is 4.74 Å². The summed E-state index contributed by atoms with van der Waals surface area (Å²) >= 11 is 3.51. The number of rotatable bonds is 4. The van der Waals surface area contributed by atoms with Gasteiger partial charge in [0.1, 0.15) is 5.75 Å². The maximum atomic E-state index is 5.43. The average molecular weight is 354 g/mol. The van der Waals surface area contributed by atoms with Crippen molar-refractivity contribution in [2.24, 2.45) is 0 Å². The standard InChI is InChI=1S/C19H16BrNO/c1-22-19-14-17(12-13-18(19)20)21(15-8-4-2-5-9-15)16-10-6-3-7-11-16/h2-14H,1H3. The molecule has 0 aromatic heterocycles. The molecule has 3 heteroatoms. The average Bonchev–Trinajstić information content (AvgIpc) is 2.58. The Morgan fingerprint density at radius 3 is 1.77 bits per heavy atom. The molecule has 0 heterocycles. The summed E-state index contributed by atoms with van der Waals surface area (Å²) in [6, 6.07) is 26.7. The SMILES string of the molecule is COc1cc(N(c2ccccc2)c2ccccc2)ccc1Br. The Morgan fingerprint density at radius 2 is 1.27 bits per heavy atom. The van der Waals surface area contributed by atoms with Gasteiger partial charge in [-0.1, -0.05) is 36.4 Å². The van der Waals surface area contributed by atoms with Crippen LogP contribution < -0.4 is 9.64 Å². The molecule has 3 aromatic carbocycles. The third-order valence-corrected chi connectivity index (χ3v) is 4.08. The zero-order chi connectivity index (χ0) is 15.4. The number of nitrogens with zero attached hydrogens (tertiary/aromatic N) is 1. The van der Waals surface area contributed by atoms with E-state index in [1.165, 1.54) is 0 Å². The van der Waals surface area contributed by atoms with Gasteiger partial charge in [-0.3, -0.25) is 0 Å². The number of hydrogen-bond donors (Lipinski definition) is 0. The molecule has 0 unspecified atom stereocenters. The molecular formula is C19H16BrNO. The molecule has 0 aliphatic carbocycles. The van der Waals surface area contributed by atoms with Crippen molar-refractivity contribution >= 4 is 33.0 Å². The molecule has 3 aromatic rings. The summed E-state index contributed by atoms with van der Waals surface area (Å²) in [7, 11) is 1.68. The van der Waals surface area contributed by atoms with Gasteiger partial charge in [0.2, 0.25) is 0 Å². The van der Waals surface area contributed by atoms with Gasteiger partial charge in [0.25, 0.3) is 0 Å². The van der Waals surface area contributed by atoms with Crippen molar-refractivity contribution in [2.75, 3.05) is 12.0 Å². The van der Waals surface area contributed by atoms with Crippen LogP contribution in [0.15, 0.2) is 83.3 Å². The van der Waals surface area contributed by atoms with Crippen LogP contribution in [0.4, 0.5) is 17.1 Å². The lowest BCUT2D eigenvalue weighted by Crippen LogP contribution is -2.09. The van der Waals surface area contributed by atoms with Gasteiger partial charge < -0.3 is 9.64 Å². The fraction of sp³-hybridized carbons (Fsp3) is 0.0526.